The van der Waals surface area contributed by atoms with Crippen LogP contribution in [0.1, 0.15) is 32.9 Å². The molecule has 1 atom stereocenters. The second kappa shape index (κ2) is 4.77. The number of hydrogen-bond acceptors (Lipinski definition) is 4. The lowest BCUT2D eigenvalue weighted by atomic mass is 10.2. The summed E-state index contributed by atoms with van der Waals surface area (Å²) >= 11 is 1.10. The van der Waals surface area contributed by atoms with E-state index in [9.17, 15) is 14.4 Å². The summed E-state index contributed by atoms with van der Waals surface area (Å²) in [6.07, 6.45) is 1.14. The van der Waals surface area contributed by atoms with Crippen LogP contribution in [0.3, 0.4) is 0 Å². The van der Waals surface area contributed by atoms with Gasteiger partial charge < -0.3 is 15.7 Å². The molecule has 1 saturated heterocycles. The smallest absolute Gasteiger partial charge is 0.326 e. The van der Waals surface area contributed by atoms with Gasteiger partial charge in [0.15, 0.2) is 0 Å². The predicted molar refractivity (Wildman–Crippen MR) is 64.5 cm³/mol. The molecule has 1 fully saturated rings. The summed E-state index contributed by atoms with van der Waals surface area (Å²) in [5.41, 5.74) is 5.38. The second-order valence-corrected chi connectivity index (χ2v) is 4.97. The molecular formula is C11H12N2O4S. The van der Waals surface area contributed by atoms with E-state index < -0.39 is 17.9 Å². The Morgan fingerprint density at radius 3 is 2.72 bits per heavy atom. The lowest BCUT2D eigenvalue weighted by Gasteiger charge is -2.20. The molecule has 96 valence electrons. The minimum atomic E-state index is -0.993. The van der Waals surface area contributed by atoms with Crippen LogP contribution in [0.5, 0.6) is 0 Å². The molecule has 1 aromatic rings. The molecule has 0 spiro atoms. The average Bonchev–Trinajstić information content (AvgIpc) is 2.97. The highest BCUT2D eigenvalue weighted by atomic mass is 32.1. The molecule has 1 aliphatic rings. The third kappa shape index (κ3) is 2.21. The number of likely N-dealkylation sites (tertiary alicyclic amines) is 1. The van der Waals surface area contributed by atoms with Crippen molar-refractivity contribution < 1.29 is 19.5 Å². The van der Waals surface area contributed by atoms with Gasteiger partial charge in [0.05, 0.1) is 10.4 Å². The van der Waals surface area contributed by atoms with E-state index in [1.54, 1.807) is 0 Å². The molecule has 1 aromatic heterocycles. The Morgan fingerprint density at radius 1 is 1.44 bits per heavy atom. The molecule has 18 heavy (non-hydrogen) atoms. The highest BCUT2D eigenvalue weighted by Crippen LogP contribution is 2.23. The number of carboxylic acids is 1. The van der Waals surface area contributed by atoms with Gasteiger partial charge in [-0.25, -0.2) is 4.79 Å². The second-order valence-electron chi connectivity index (χ2n) is 4.06. The molecule has 1 aliphatic heterocycles. The van der Waals surface area contributed by atoms with Gasteiger partial charge in [0, 0.05) is 11.9 Å². The summed E-state index contributed by atoms with van der Waals surface area (Å²) in [6, 6.07) is 0.642. The van der Waals surface area contributed by atoms with Crippen molar-refractivity contribution in [3.63, 3.8) is 0 Å². The fraction of sp³-hybridized carbons (Fsp3) is 0.364. The van der Waals surface area contributed by atoms with Crippen LogP contribution in [0.2, 0.25) is 0 Å². The third-order valence-electron chi connectivity index (χ3n) is 2.89. The number of carbonyl (C=O) groups is 3. The summed E-state index contributed by atoms with van der Waals surface area (Å²) in [7, 11) is 0. The number of hydrogen-bond donors (Lipinski definition) is 2. The zero-order chi connectivity index (χ0) is 13.3. The maximum absolute atomic E-state index is 12.1. The quantitative estimate of drug-likeness (QED) is 0.835. The SMILES string of the molecule is NC(=O)c1csc(C(=O)N2CCCC2C(=O)O)c1. The number of nitrogens with two attached hydrogens (primary N) is 1. The van der Waals surface area contributed by atoms with Crippen LogP contribution in [0.25, 0.3) is 0 Å². The first-order valence-electron chi connectivity index (χ1n) is 5.43. The lowest BCUT2D eigenvalue weighted by Crippen LogP contribution is -2.40. The van der Waals surface area contributed by atoms with Gasteiger partial charge in [-0.05, 0) is 18.9 Å². The van der Waals surface area contributed by atoms with E-state index >= 15 is 0 Å². The molecule has 0 bridgehead atoms. The maximum Gasteiger partial charge on any atom is 0.326 e. The standard InChI is InChI=1S/C11H12N2O4S/c12-9(14)6-4-8(18-5-6)10(15)13-3-1-2-7(13)11(16)17/h4-5,7H,1-3H2,(H2,12,14)(H,16,17). The predicted octanol–water partition coefficient (Wildman–Crippen LogP) is 0.536. The number of thiophene rings is 1. The molecule has 0 radical (unpaired) electrons. The zero-order valence-electron chi connectivity index (χ0n) is 9.46. The molecule has 0 aromatic carbocycles. The van der Waals surface area contributed by atoms with Gasteiger partial charge in [-0.2, -0.15) is 0 Å². The van der Waals surface area contributed by atoms with E-state index in [0.717, 1.165) is 11.3 Å². The maximum atomic E-state index is 12.1. The van der Waals surface area contributed by atoms with Gasteiger partial charge in [0.1, 0.15) is 6.04 Å². The van der Waals surface area contributed by atoms with Crippen molar-refractivity contribution >= 4 is 29.1 Å². The van der Waals surface area contributed by atoms with Crippen LogP contribution in [0.4, 0.5) is 0 Å². The van der Waals surface area contributed by atoms with E-state index in [1.807, 2.05) is 0 Å². The Labute approximate surface area is 107 Å². The zero-order valence-corrected chi connectivity index (χ0v) is 10.3. The number of primary amides is 1. The summed E-state index contributed by atoms with van der Waals surface area (Å²) in [4.78, 5) is 35.7. The van der Waals surface area contributed by atoms with Crippen molar-refractivity contribution in [2.75, 3.05) is 6.54 Å². The van der Waals surface area contributed by atoms with E-state index in [0.29, 0.717) is 24.3 Å². The van der Waals surface area contributed by atoms with Gasteiger partial charge in [-0.1, -0.05) is 0 Å². The van der Waals surface area contributed by atoms with Crippen LogP contribution < -0.4 is 5.73 Å². The number of carboxylic acid groups (broad SMARTS) is 1. The molecule has 1 unspecified atom stereocenters. The number of carbonyl (C=O) groups excluding carboxylic acids is 2. The van der Waals surface area contributed by atoms with Crippen LogP contribution in [-0.4, -0.2) is 40.4 Å². The number of nitrogens with zero attached hydrogens (tertiary/aromatic N) is 1. The molecular weight excluding hydrogens is 256 g/mol. The Morgan fingerprint density at radius 2 is 2.17 bits per heavy atom. The molecule has 2 amide bonds. The van der Waals surface area contributed by atoms with Crippen molar-refractivity contribution in [1.29, 1.82) is 0 Å². The molecule has 3 N–H and O–H groups in total. The summed E-state index contributed by atoms with van der Waals surface area (Å²) in [5, 5.41) is 10.5. The van der Waals surface area contributed by atoms with E-state index in [4.69, 9.17) is 10.8 Å². The minimum absolute atomic E-state index is 0.273. The topological polar surface area (TPSA) is 101 Å². The summed E-state index contributed by atoms with van der Waals surface area (Å²) in [5.74, 6) is -1.94. The Bertz CT molecular complexity index is 511. The van der Waals surface area contributed by atoms with E-state index in [2.05, 4.69) is 0 Å². The van der Waals surface area contributed by atoms with Gasteiger partial charge in [-0.3, -0.25) is 9.59 Å². The van der Waals surface area contributed by atoms with Crippen molar-refractivity contribution in [2.45, 2.75) is 18.9 Å². The highest BCUT2D eigenvalue weighted by Gasteiger charge is 2.34. The van der Waals surface area contributed by atoms with Gasteiger partial charge in [0.25, 0.3) is 5.91 Å². The fourth-order valence-corrected chi connectivity index (χ4v) is 2.84. The van der Waals surface area contributed by atoms with Crippen LogP contribution >= 0.6 is 11.3 Å². The van der Waals surface area contributed by atoms with Crippen LogP contribution in [0, 0.1) is 0 Å². The molecule has 6 nitrogen and oxygen atoms in total. The normalized spacial score (nSPS) is 18.9. The van der Waals surface area contributed by atoms with Gasteiger partial charge in [-0.15, -0.1) is 11.3 Å². The summed E-state index contributed by atoms with van der Waals surface area (Å²) in [6.45, 7) is 0.430. The van der Waals surface area contributed by atoms with E-state index in [1.165, 1.54) is 16.3 Å². The molecule has 2 rings (SSSR count). The minimum Gasteiger partial charge on any atom is -0.480 e. The van der Waals surface area contributed by atoms with E-state index in [-0.39, 0.29) is 11.5 Å². The van der Waals surface area contributed by atoms with Gasteiger partial charge in [0.2, 0.25) is 5.91 Å². The molecule has 7 heteroatoms. The van der Waals surface area contributed by atoms with Crippen LogP contribution in [-0.2, 0) is 4.79 Å². The number of amides is 2. The number of aliphatic carboxylic acids is 1. The fourth-order valence-electron chi connectivity index (χ4n) is 1.99. The Balaban J connectivity index is 2.20. The molecule has 2 heterocycles. The van der Waals surface area contributed by atoms with Gasteiger partial charge >= 0.3 is 5.97 Å². The van der Waals surface area contributed by atoms with Crippen molar-refractivity contribution in [3.8, 4) is 0 Å². The first-order chi connectivity index (χ1) is 8.50. The molecule has 0 aliphatic carbocycles. The average molecular weight is 268 g/mol. The molecule has 0 saturated carbocycles. The first-order valence-corrected chi connectivity index (χ1v) is 6.31. The Kier molecular flexibility index (Phi) is 3.33. The lowest BCUT2D eigenvalue weighted by molar-refractivity contribution is -0.141. The first kappa shape index (κ1) is 12.6. The summed E-state index contributed by atoms with van der Waals surface area (Å²) < 4.78 is 0. The highest BCUT2D eigenvalue weighted by molar-refractivity contribution is 7.12. The number of rotatable bonds is 3. The monoisotopic (exact) mass is 268 g/mol. The van der Waals surface area contributed by atoms with Crippen molar-refractivity contribution in [3.05, 3.63) is 21.9 Å². The largest absolute Gasteiger partial charge is 0.480 e. The van der Waals surface area contributed by atoms with Crippen molar-refractivity contribution in [1.82, 2.24) is 4.90 Å². The third-order valence-corrected chi connectivity index (χ3v) is 3.81. The van der Waals surface area contributed by atoms with Crippen molar-refractivity contribution in [2.24, 2.45) is 5.73 Å². The van der Waals surface area contributed by atoms with Crippen LogP contribution in [0.15, 0.2) is 11.4 Å². The Hall–Kier alpha value is -1.89.